The molecule has 1 N–H and O–H groups in total. The van der Waals surface area contributed by atoms with E-state index in [-0.39, 0.29) is 61.9 Å². The number of amides is 2. The van der Waals surface area contributed by atoms with Crippen LogP contribution in [0.2, 0.25) is 0 Å². The minimum atomic E-state index is -3.86. The highest BCUT2D eigenvalue weighted by molar-refractivity contribution is 7.90. The first kappa shape index (κ1) is 42.8. The van der Waals surface area contributed by atoms with Gasteiger partial charge in [-0.1, -0.05) is 81.7 Å². The zero-order chi connectivity index (χ0) is 43.1. The van der Waals surface area contributed by atoms with Crippen molar-refractivity contribution in [3.05, 3.63) is 78.4 Å². The zero-order valence-electron chi connectivity index (χ0n) is 35.7. The highest BCUT2D eigenvalue weighted by Gasteiger charge is 2.61. The fraction of sp³-hybridized carbons (Fsp3) is 0.531. The van der Waals surface area contributed by atoms with Crippen molar-refractivity contribution in [3.8, 4) is 17.0 Å². The first-order valence-corrected chi connectivity index (χ1v) is 23.7. The van der Waals surface area contributed by atoms with Gasteiger partial charge in [-0.15, -0.1) is 6.58 Å². The van der Waals surface area contributed by atoms with E-state index < -0.39 is 56.5 Å². The second-order valence-corrected chi connectivity index (χ2v) is 21.0. The van der Waals surface area contributed by atoms with Crippen LogP contribution in [0, 0.1) is 35.5 Å². The van der Waals surface area contributed by atoms with Crippen LogP contribution in [0.4, 0.5) is 0 Å². The fourth-order valence-corrected chi connectivity index (χ4v) is 11.2. The number of nitrogens with zero attached hydrogens (tertiary/aromatic N) is 2. The number of rotatable bonds is 9. The van der Waals surface area contributed by atoms with Gasteiger partial charge in [0, 0.05) is 29.9 Å². The summed E-state index contributed by atoms with van der Waals surface area (Å²) in [6.07, 6.45) is 12.4. The summed E-state index contributed by atoms with van der Waals surface area (Å²) in [5.41, 5.74) is 2.85. The number of carbonyl (C=O) groups excluding carboxylic acids is 4. The molecule has 2 aliphatic heterocycles. The lowest BCUT2D eigenvalue weighted by Gasteiger charge is -2.34. The smallest absolute Gasteiger partial charge is 0.306 e. The van der Waals surface area contributed by atoms with Crippen LogP contribution >= 0.6 is 0 Å². The highest BCUT2D eigenvalue weighted by Crippen LogP contribution is 2.57. The van der Waals surface area contributed by atoms with Crippen molar-refractivity contribution >= 4 is 50.6 Å². The van der Waals surface area contributed by atoms with Gasteiger partial charge in [-0.05, 0) is 92.4 Å². The fourth-order valence-electron chi connectivity index (χ4n) is 9.79. The normalized spacial score (nSPS) is 27.9. The Kier molecular flexibility index (Phi) is 12.0. The average molecular weight is 850 g/mol. The third-order valence-corrected chi connectivity index (χ3v) is 15.6. The summed E-state index contributed by atoms with van der Waals surface area (Å²) in [6, 6.07) is 15.0. The van der Waals surface area contributed by atoms with Crippen molar-refractivity contribution < 1.29 is 37.1 Å². The van der Waals surface area contributed by atoms with Crippen LogP contribution in [0.25, 0.3) is 28.2 Å². The Morgan fingerprint density at radius 2 is 1.79 bits per heavy atom. The number of sulfonamides is 1. The number of esters is 1. The number of nitrogens with one attached hydrogen (secondary N) is 1. The molecule has 0 radical (unpaired) electrons. The molecule has 11 nitrogen and oxygen atoms in total. The molecule has 1 saturated heterocycles. The number of hydrogen-bond donors (Lipinski definition) is 1. The average Bonchev–Trinajstić information content (AvgIpc) is 4.18. The number of aromatic nitrogens is 1. The molecule has 5 atom stereocenters. The number of cyclic esters (lactones) is 1. The molecule has 12 heteroatoms. The lowest BCUT2D eigenvalue weighted by atomic mass is 9.77. The molecule has 3 aliphatic carbocycles. The predicted octanol–water partition coefficient (Wildman–Crippen LogP) is 8.28. The number of hydrogen-bond acceptors (Lipinski definition) is 9. The zero-order valence-corrected chi connectivity index (χ0v) is 36.5. The van der Waals surface area contributed by atoms with Gasteiger partial charge in [0.05, 0.1) is 53.4 Å². The van der Waals surface area contributed by atoms with Gasteiger partial charge in [-0.3, -0.25) is 23.9 Å². The quantitative estimate of drug-likeness (QED) is 0.166. The molecule has 324 valence electrons. The number of ether oxygens (including phenoxy) is 2. The lowest BCUT2D eigenvalue weighted by Crippen LogP contribution is -2.48. The molecule has 2 aromatic carbocycles. The molecule has 4 fully saturated rings. The van der Waals surface area contributed by atoms with E-state index in [1.807, 2.05) is 36.4 Å². The Morgan fingerprint density at radius 3 is 2.49 bits per heavy atom. The number of pyridine rings is 1. The van der Waals surface area contributed by atoms with Gasteiger partial charge in [-0.25, -0.2) is 13.4 Å². The van der Waals surface area contributed by atoms with Gasteiger partial charge >= 0.3 is 5.97 Å². The largest absolute Gasteiger partial charge is 0.488 e. The molecule has 0 spiro atoms. The SMILES string of the molecule is C=C[C@@H]1C[C@]1(CC(=O)[C@@H]1C[C@@H]2CN1C(=O)[C@H](C1CCCCC1)CC(=O)OCC(C)(C)CC/C=C/c1cc3c(cc(-c4ccccc4)nc3cc1C)O2)C(=O)NS(=O)(=O)C1CC1. The van der Waals surface area contributed by atoms with Crippen LogP contribution in [-0.2, 0) is 33.9 Å². The van der Waals surface area contributed by atoms with Gasteiger partial charge in [0.1, 0.15) is 11.9 Å². The van der Waals surface area contributed by atoms with Crippen LogP contribution in [-0.4, -0.2) is 72.4 Å². The Bertz CT molecular complexity index is 2350. The molecule has 8 rings (SSSR count). The van der Waals surface area contributed by atoms with Crippen molar-refractivity contribution in [3.63, 3.8) is 0 Å². The standard InChI is InChI=1S/C49H59N3O8S/c1-5-35-27-49(35,47(56)51-61(57,58)37-19-20-37)28-43(53)42-24-36-29-52(42)46(55)38(32-14-8-6-9-15-32)25-45(54)59-30-48(3,4)21-13-12-18-34-23-39-41(22-31(34)2)50-40(26-44(39)60-36)33-16-10-7-11-17-33/h5,7,10-12,16-18,22-23,26,32,35-38,42H,1,6,8-9,13-15,19-21,24-25,27-30H2,2-4H3,(H,51,56)/b18-12+/t35-,36-,38+,42+,49-/m1/s1. The third kappa shape index (κ3) is 9.34. The van der Waals surface area contributed by atoms with Gasteiger partial charge in [-0.2, -0.15) is 0 Å². The predicted molar refractivity (Wildman–Crippen MR) is 235 cm³/mol. The van der Waals surface area contributed by atoms with Crippen molar-refractivity contribution in [2.24, 2.45) is 28.6 Å². The number of ketones is 1. The molecule has 0 unspecified atom stereocenters. The third-order valence-electron chi connectivity index (χ3n) is 13.8. The molecular weight excluding hydrogens is 791 g/mol. The summed E-state index contributed by atoms with van der Waals surface area (Å²) in [7, 11) is -3.86. The Morgan fingerprint density at radius 1 is 1.03 bits per heavy atom. The van der Waals surface area contributed by atoms with E-state index in [2.05, 4.69) is 56.4 Å². The van der Waals surface area contributed by atoms with E-state index in [4.69, 9.17) is 14.5 Å². The minimum Gasteiger partial charge on any atom is -0.488 e. The number of fused-ring (bicyclic) bond motifs is 3. The van der Waals surface area contributed by atoms with Gasteiger partial charge < -0.3 is 14.4 Å². The summed E-state index contributed by atoms with van der Waals surface area (Å²) >= 11 is 0. The van der Waals surface area contributed by atoms with E-state index in [0.717, 1.165) is 78.2 Å². The Labute approximate surface area is 359 Å². The molecular formula is C49H59N3O8S. The summed E-state index contributed by atoms with van der Waals surface area (Å²) in [5.74, 6) is -2.34. The van der Waals surface area contributed by atoms with Gasteiger partial charge in [0.25, 0.3) is 0 Å². The summed E-state index contributed by atoms with van der Waals surface area (Å²) in [4.78, 5) is 64.2. The van der Waals surface area contributed by atoms with Crippen LogP contribution in [0.1, 0.15) is 108 Å². The second-order valence-electron chi connectivity index (χ2n) is 19.1. The van der Waals surface area contributed by atoms with Crippen LogP contribution in [0.3, 0.4) is 0 Å². The number of benzene rings is 2. The number of allylic oxidation sites excluding steroid dienone is 2. The van der Waals surface area contributed by atoms with Crippen molar-refractivity contribution in [1.82, 2.24) is 14.6 Å². The monoisotopic (exact) mass is 849 g/mol. The molecule has 3 aromatic rings. The number of aryl methyl sites for hydroxylation is 1. The molecule has 4 bridgehead atoms. The van der Waals surface area contributed by atoms with Crippen LogP contribution in [0.5, 0.6) is 5.75 Å². The molecule has 3 heterocycles. The van der Waals surface area contributed by atoms with E-state index in [9.17, 15) is 22.8 Å². The molecule has 3 saturated carbocycles. The Hall–Kier alpha value is -4.84. The maximum absolute atomic E-state index is 15.2. The van der Waals surface area contributed by atoms with Crippen molar-refractivity contribution in [2.45, 2.75) is 122 Å². The van der Waals surface area contributed by atoms with E-state index >= 15 is 4.79 Å². The second kappa shape index (κ2) is 17.1. The summed E-state index contributed by atoms with van der Waals surface area (Å²) < 4.78 is 41.0. The van der Waals surface area contributed by atoms with E-state index in [0.29, 0.717) is 18.6 Å². The van der Waals surface area contributed by atoms with Gasteiger partial charge in [0.2, 0.25) is 21.8 Å². The summed E-state index contributed by atoms with van der Waals surface area (Å²) in [5, 5.41) is 0.195. The Balaban J connectivity index is 1.19. The van der Waals surface area contributed by atoms with Crippen LogP contribution < -0.4 is 9.46 Å². The van der Waals surface area contributed by atoms with Crippen LogP contribution in [0.15, 0.2) is 67.3 Å². The first-order valence-electron chi connectivity index (χ1n) is 22.2. The maximum Gasteiger partial charge on any atom is 0.306 e. The van der Waals surface area contributed by atoms with Crippen molar-refractivity contribution in [2.75, 3.05) is 13.2 Å². The number of Topliss-reactive ketones (excluding diaryl/α,β-unsaturated/α-hetero) is 1. The number of carbonyl (C=O) groups is 4. The molecule has 1 aromatic heterocycles. The topological polar surface area (TPSA) is 149 Å². The molecule has 2 amide bonds. The van der Waals surface area contributed by atoms with E-state index in [1.165, 1.54) is 0 Å². The molecule has 5 aliphatic rings. The lowest BCUT2D eigenvalue weighted by molar-refractivity contribution is -0.154. The molecule has 61 heavy (non-hydrogen) atoms. The van der Waals surface area contributed by atoms with Gasteiger partial charge in [0.15, 0.2) is 5.78 Å². The minimum absolute atomic E-state index is 0.0608. The first-order chi connectivity index (χ1) is 29.2. The van der Waals surface area contributed by atoms with E-state index in [1.54, 1.807) is 11.0 Å². The highest BCUT2D eigenvalue weighted by atomic mass is 32.2. The van der Waals surface area contributed by atoms with Crippen molar-refractivity contribution in [1.29, 1.82) is 0 Å². The summed E-state index contributed by atoms with van der Waals surface area (Å²) in [6.45, 7) is 10.4. The maximum atomic E-state index is 15.2.